The zero-order chi connectivity index (χ0) is 13.4. The highest BCUT2D eigenvalue weighted by Gasteiger charge is 2.17. The Kier molecular flexibility index (Phi) is 3.18. The van der Waals surface area contributed by atoms with Gasteiger partial charge in [0.05, 0.1) is 16.6 Å². The van der Waals surface area contributed by atoms with Crippen molar-refractivity contribution in [1.29, 1.82) is 0 Å². The van der Waals surface area contributed by atoms with E-state index in [9.17, 15) is 4.79 Å². The summed E-state index contributed by atoms with van der Waals surface area (Å²) in [6.45, 7) is 0. The van der Waals surface area contributed by atoms with Crippen molar-refractivity contribution >= 4 is 34.0 Å². The predicted octanol–water partition coefficient (Wildman–Crippen LogP) is 3.14. The van der Waals surface area contributed by atoms with Gasteiger partial charge in [-0.25, -0.2) is 4.79 Å². The molecule has 2 aromatic heterocycles. The van der Waals surface area contributed by atoms with Crippen molar-refractivity contribution in [3.63, 3.8) is 0 Å². The summed E-state index contributed by atoms with van der Waals surface area (Å²) in [7, 11) is 1.87. The third-order valence-electron chi connectivity index (χ3n) is 2.97. The first-order chi connectivity index (χ1) is 9.19. The third-order valence-corrected chi connectivity index (χ3v) is 4.40. The van der Waals surface area contributed by atoms with Gasteiger partial charge < -0.3 is 9.73 Å². The Bertz CT molecular complexity index is 774. The summed E-state index contributed by atoms with van der Waals surface area (Å²) < 4.78 is 5.08. The van der Waals surface area contributed by atoms with Crippen LogP contribution in [0.1, 0.15) is 16.5 Å². The van der Waals surface area contributed by atoms with Gasteiger partial charge in [0, 0.05) is 4.88 Å². The minimum absolute atomic E-state index is 0.0166. The number of benzene rings is 1. The fourth-order valence-electron chi connectivity index (χ4n) is 2.10. The number of rotatable bonds is 3. The van der Waals surface area contributed by atoms with Gasteiger partial charge in [-0.15, -0.1) is 11.3 Å². The molecule has 1 aromatic carbocycles. The van der Waals surface area contributed by atoms with Gasteiger partial charge in [0.25, 0.3) is 0 Å². The van der Waals surface area contributed by atoms with Crippen LogP contribution in [0.2, 0.25) is 5.02 Å². The fraction of sp³-hybridized carbons (Fsp3) is 0.154. The molecule has 19 heavy (non-hydrogen) atoms. The summed E-state index contributed by atoms with van der Waals surface area (Å²) in [5, 5.41) is 5.92. The van der Waals surface area contributed by atoms with Crippen molar-refractivity contribution < 1.29 is 4.42 Å². The quantitative estimate of drug-likeness (QED) is 0.780. The van der Waals surface area contributed by atoms with Crippen LogP contribution in [0.4, 0.5) is 0 Å². The second-order valence-electron chi connectivity index (χ2n) is 4.12. The highest BCUT2D eigenvalue weighted by Crippen LogP contribution is 2.33. The number of hydrogen-bond donors (Lipinski definition) is 2. The maximum absolute atomic E-state index is 11.2. The lowest BCUT2D eigenvalue weighted by atomic mass is 10.1. The summed E-state index contributed by atoms with van der Waals surface area (Å²) in [5.41, 5.74) is 2.25. The largest absolute Gasteiger partial charge is 0.417 e. The Morgan fingerprint density at radius 3 is 2.95 bits per heavy atom. The fourth-order valence-corrected chi connectivity index (χ4v) is 3.40. The van der Waals surface area contributed by atoms with E-state index in [1.54, 1.807) is 11.3 Å². The van der Waals surface area contributed by atoms with E-state index in [0.29, 0.717) is 11.1 Å². The Labute approximate surface area is 118 Å². The lowest BCUT2D eigenvalue weighted by Gasteiger charge is -2.15. The number of thiophene rings is 1. The van der Waals surface area contributed by atoms with Crippen molar-refractivity contribution in [3.8, 4) is 0 Å². The van der Waals surface area contributed by atoms with Crippen LogP contribution in [0, 0.1) is 0 Å². The van der Waals surface area contributed by atoms with E-state index in [0.717, 1.165) is 15.5 Å². The van der Waals surface area contributed by atoms with Crippen molar-refractivity contribution in [3.05, 3.63) is 55.7 Å². The highest BCUT2D eigenvalue weighted by atomic mass is 35.5. The third kappa shape index (κ3) is 2.20. The monoisotopic (exact) mass is 294 g/mol. The van der Waals surface area contributed by atoms with Crippen LogP contribution < -0.4 is 11.1 Å². The maximum Gasteiger partial charge on any atom is 0.417 e. The lowest BCUT2D eigenvalue weighted by Crippen LogP contribution is -2.16. The van der Waals surface area contributed by atoms with Crippen molar-refractivity contribution in [2.75, 3.05) is 7.05 Å². The Balaban J connectivity index is 2.11. The molecule has 0 saturated carbocycles. The summed E-state index contributed by atoms with van der Waals surface area (Å²) in [5.74, 6) is -0.442. The van der Waals surface area contributed by atoms with Crippen LogP contribution in [0.25, 0.3) is 11.1 Å². The molecular weight excluding hydrogens is 284 g/mol. The zero-order valence-electron chi connectivity index (χ0n) is 10.1. The predicted molar refractivity (Wildman–Crippen MR) is 77.1 cm³/mol. The van der Waals surface area contributed by atoms with E-state index in [1.807, 2.05) is 36.7 Å². The minimum atomic E-state index is -0.442. The average molecular weight is 295 g/mol. The van der Waals surface area contributed by atoms with E-state index in [2.05, 4.69) is 10.3 Å². The maximum atomic E-state index is 11.2. The van der Waals surface area contributed by atoms with Gasteiger partial charge in [-0.05, 0) is 36.2 Å². The molecular formula is C13H11ClN2O2S. The summed E-state index contributed by atoms with van der Waals surface area (Å²) >= 11 is 7.77. The van der Waals surface area contributed by atoms with E-state index in [-0.39, 0.29) is 6.04 Å². The first-order valence-electron chi connectivity index (χ1n) is 5.72. The number of nitrogens with one attached hydrogen (secondary N) is 2. The van der Waals surface area contributed by atoms with E-state index < -0.39 is 5.76 Å². The number of hydrogen-bond acceptors (Lipinski definition) is 4. The minimum Gasteiger partial charge on any atom is -0.408 e. The van der Waals surface area contributed by atoms with Gasteiger partial charge in [-0.2, -0.15) is 0 Å². The molecule has 0 bridgehead atoms. The molecule has 0 saturated heterocycles. The smallest absolute Gasteiger partial charge is 0.408 e. The van der Waals surface area contributed by atoms with Crippen LogP contribution >= 0.6 is 22.9 Å². The van der Waals surface area contributed by atoms with Gasteiger partial charge in [-0.1, -0.05) is 17.7 Å². The van der Waals surface area contributed by atoms with E-state index in [1.165, 1.54) is 0 Å². The second kappa shape index (κ2) is 4.85. The highest BCUT2D eigenvalue weighted by molar-refractivity contribution is 7.10. The van der Waals surface area contributed by atoms with Crippen LogP contribution in [-0.2, 0) is 0 Å². The van der Waals surface area contributed by atoms with Gasteiger partial charge in [-0.3, -0.25) is 4.98 Å². The molecule has 6 heteroatoms. The topological polar surface area (TPSA) is 58.0 Å². The lowest BCUT2D eigenvalue weighted by molar-refractivity contribution is 0.554. The zero-order valence-corrected chi connectivity index (χ0v) is 11.6. The Morgan fingerprint density at radius 1 is 1.42 bits per heavy atom. The van der Waals surface area contributed by atoms with Crippen LogP contribution in [0.15, 0.2) is 38.9 Å². The van der Waals surface area contributed by atoms with Crippen LogP contribution in [0.5, 0.6) is 0 Å². The molecule has 4 nitrogen and oxygen atoms in total. The Hall–Kier alpha value is -1.56. The van der Waals surface area contributed by atoms with Gasteiger partial charge >= 0.3 is 5.76 Å². The van der Waals surface area contributed by atoms with Crippen LogP contribution in [-0.4, -0.2) is 12.0 Å². The molecule has 0 fully saturated rings. The number of oxazole rings is 1. The molecule has 1 atom stereocenters. The molecule has 0 amide bonds. The molecule has 0 spiro atoms. The van der Waals surface area contributed by atoms with Crippen molar-refractivity contribution in [1.82, 2.24) is 10.3 Å². The standard InChI is InChI=1S/C13H11ClN2O2S/c1-15-11(12-8(14)4-5-19-12)7-2-3-9-10(6-7)18-13(17)16-9/h2-6,11,15H,1H3,(H,16,17). The van der Waals surface area contributed by atoms with Crippen molar-refractivity contribution in [2.24, 2.45) is 0 Å². The average Bonchev–Trinajstić information content (AvgIpc) is 2.95. The van der Waals surface area contributed by atoms with Crippen LogP contribution in [0.3, 0.4) is 0 Å². The Morgan fingerprint density at radius 2 is 2.26 bits per heavy atom. The number of H-pyrrole nitrogens is 1. The molecule has 3 aromatic rings. The second-order valence-corrected chi connectivity index (χ2v) is 5.48. The molecule has 2 heterocycles. The molecule has 98 valence electrons. The van der Waals surface area contributed by atoms with Gasteiger partial charge in [0.15, 0.2) is 5.58 Å². The molecule has 1 unspecified atom stereocenters. The van der Waals surface area contributed by atoms with Gasteiger partial charge in [0.2, 0.25) is 0 Å². The first-order valence-corrected chi connectivity index (χ1v) is 6.97. The molecule has 0 aliphatic rings. The first kappa shape index (κ1) is 12.5. The molecule has 2 N–H and O–H groups in total. The molecule has 0 aliphatic carbocycles. The van der Waals surface area contributed by atoms with Gasteiger partial charge in [0.1, 0.15) is 0 Å². The number of fused-ring (bicyclic) bond motifs is 1. The van der Waals surface area contributed by atoms with Crippen molar-refractivity contribution in [2.45, 2.75) is 6.04 Å². The SMILES string of the molecule is CNC(c1ccc2[nH]c(=O)oc2c1)c1sccc1Cl. The summed E-state index contributed by atoms with van der Waals surface area (Å²) in [4.78, 5) is 14.8. The number of halogens is 1. The molecule has 0 radical (unpaired) electrons. The summed E-state index contributed by atoms with van der Waals surface area (Å²) in [6, 6.07) is 7.50. The van der Waals surface area contributed by atoms with E-state index >= 15 is 0 Å². The normalized spacial score (nSPS) is 12.9. The number of aromatic nitrogens is 1. The molecule has 0 aliphatic heterocycles. The number of aromatic amines is 1. The summed E-state index contributed by atoms with van der Waals surface area (Å²) in [6.07, 6.45) is 0. The molecule has 3 rings (SSSR count). The van der Waals surface area contributed by atoms with E-state index in [4.69, 9.17) is 16.0 Å².